The number of aromatic nitrogens is 1. The molecule has 2 aromatic rings. The van der Waals surface area contributed by atoms with Gasteiger partial charge in [0.1, 0.15) is 17.2 Å². The van der Waals surface area contributed by atoms with Crippen molar-refractivity contribution < 1.29 is 14.3 Å². The van der Waals surface area contributed by atoms with Gasteiger partial charge in [-0.2, -0.15) is 0 Å². The summed E-state index contributed by atoms with van der Waals surface area (Å²) in [5.41, 5.74) is -0.170. The Balaban J connectivity index is 2.54. The van der Waals surface area contributed by atoms with Gasteiger partial charge in [-0.1, -0.05) is 5.92 Å². The highest BCUT2D eigenvalue weighted by molar-refractivity contribution is 5.94. The topological polar surface area (TPSA) is 71.3 Å². The van der Waals surface area contributed by atoms with E-state index >= 15 is 0 Å². The van der Waals surface area contributed by atoms with Crippen LogP contribution >= 0.6 is 0 Å². The Morgan fingerprint density at radius 2 is 2.10 bits per heavy atom. The van der Waals surface area contributed by atoms with Gasteiger partial charge in [0.05, 0.1) is 5.69 Å². The highest BCUT2D eigenvalue weighted by Gasteiger charge is 2.15. The summed E-state index contributed by atoms with van der Waals surface area (Å²) < 4.78 is 15.0. The number of carboxylic acid groups (broad SMARTS) is 1. The minimum Gasteiger partial charge on any atom is -0.478 e. The number of carbonyl (C=O) groups is 1. The third-order valence-corrected chi connectivity index (χ3v) is 2.93. The lowest BCUT2D eigenvalue weighted by Gasteiger charge is -2.14. The number of benzene rings is 1. The van der Waals surface area contributed by atoms with E-state index in [1.54, 1.807) is 0 Å². The summed E-state index contributed by atoms with van der Waals surface area (Å²) in [5, 5.41) is 11.8. The van der Waals surface area contributed by atoms with Gasteiger partial charge in [0, 0.05) is 18.7 Å². The summed E-state index contributed by atoms with van der Waals surface area (Å²) in [5.74, 6) is 0.412. The zero-order valence-electron chi connectivity index (χ0n) is 11.1. The fourth-order valence-electron chi connectivity index (χ4n) is 1.79. The van der Waals surface area contributed by atoms with Gasteiger partial charge in [-0.25, -0.2) is 9.18 Å². The first-order valence-corrected chi connectivity index (χ1v) is 5.90. The van der Waals surface area contributed by atoms with Gasteiger partial charge in [0.15, 0.2) is 0 Å². The van der Waals surface area contributed by atoms with E-state index in [1.165, 1.54) is 25.2 Å². The van der Waals surface area contributed by atoms with Crippen LogP contribution in [0.3, 0.4) is 0 Å². The molecule has 1 aromatic heterocycles. The molecule has 0 aliphatic rings. The van der Waals surface area contributed by atoms with Gasteiger partial charge in [-0.15, -0.1) is 6.42 Å². The lowest BCUT2D eigenvalue weighted by atomic mass is 10.2. The van der Waals surface area contributed by atoms with E-state index in [2.05, 4.69) is 11.2 Å². The first-order valence-electron chi connectivity index (χ1n) is 5.90. The molecule has 0 bridgehead atoms. The Morgan fingerprint density at radius 1 is 1.38 bits per heavy atom. The van der Waals surface area contributed by atoms with Gasteiger partial charge in [0.25, 0.3) is 5.56 Å². The number of pyridine rings is 1. The molecular weight excluding hydrogens is 275 g/mol. The lowest BCUT2D eigenvalue weighted by molar-refractivity contribution is 0.0697. The smallest absolute Gasteiger partial charge is 0.339 e. The third kappa shape index (κ3) is 2.77. The Bertz CT molecular complexity index is 819. The normalized spacial score (nSPS) is 9.95. The standard InChI is InChI=1S/C15H11FN2O3/c1-3-9-4-6-12(11(16)8-9)17-14-10(15(20)21)5-7-13(19)18(14)2/h1,4-8,17H,2H3,(H,20,21). The van der Waals surface area contributed by atoms with Crippen molar-refractivity contribution >= 4 is 17.5 Å². The summed E-state index contributed by atoms with van der Waals surface area (Å²) in [6, 6.07) is 6.33. The number of rotatable bonds is 3. The molecule has 0 saturated carbocycles. The first-order chi connectivity index (χ1) is 9.93. The maximum atomic E-state index is 13.9. The Labute approximate surface area is 119 Å². The largest absolute Gasteiger partial charge is 0.478 e. The summed E-state index contributed by atoms with van der Waals surface area (Å²) >= 11 is 0. The SMILES string of the molecule is C#Cc1ccc(Nc2c(C(=O)O)ccc(=O)n2C)c(F)c1. The Morgan fingerprint density at radius 3 is 2.67 bits per heavy atom. The molecule has 1 heterocycles. The molecule has 106 valence electrons. The molecule has 0 saturated heterocycles. The van der Waals surface area contributed by atoms with Gasteiger partial charge >= 0.3 is 5.97 Å². The molecular formula is C15H11FN2O3. The molecule has 0 fully saturated rings. The second-order valence-corrected chi connectivity index (χ2v) is 4.26. The Hall–Kier alpha value is -3.07. The van der Waals surface area contributed by atoms with Crippen LogP contribution in [-0.4, -0.2) is 15.6 Å². The van der Waals surface area contributed by atoms with Crippen LogP contribution in [0.1, 0.15) is 15.9 Å². The second-order valence-electron chi connectivity index (χ2n) is 4.26. The molecule has 1 aromatic carbocycles. The Kier molecular flexibility index (Phi) is 3.76. The number of anilines is 2. The van der Waals surface area contributed by atoms with Crippen LogP contribution in [-0.2, 0) is 7.05 Å². The predicted molar refractivity (Wildman–Crippen MR) is 76.3 cm³/mol. The molecule has 5 nitrogen and oxygen atoms in total. The molecule has 6 heteroatoms. The molecule has 0 unspecified atom stereocenters. The van der Waals surface area contributed by atoms with Crippen LogP contribution in [0.5, 0.6) is 0 Å². The summed E-state index contributed by atoms with van der Waals surface area (Å²) in [4.78, 5) is 22.8. The molecule has 21 heavy (non-hydrogen) atoms. The molecule has 2 rings (SSSR count). The summed E-state index contributed by atoms with van der Waals surface area (Å²) in [6.07, 6.45) is 5.17. The van der Waals surface area contributed by atoms with E-state index in [4.69, 9.17) is 11.5 Å². The van der Waals surface area contributed by atoms with Crippen molar-refractivity contribution in [3.63, 3.8) is 0 Å². The van der Waals surface area contributed by atoms with Crippen LogP contribution < -0.4 is 10.9 Å². The number of nitrogens with zero attached hydrogens (tertiary/aromatic N) is 1. The number of aromatic carboxylic acids is 1. The first kappa shape index (κ1) is 14.3. The molecule has 0 spiro atoms. The van der Waals surface area contributed by atoms with Crippen molar-refractivity contribution in [2.45, 2.75) is 0 Å². The van der Waals surface area contributed by atoms with Crippen molar-refractivity contribution in [3.05, 3.63) is 57.6 Å². The molecule has 0 amide bonds. The highest BCUT2D eigenvalue weighted by Crippen LogP contribution is 2.22. The molecule has 0 aliphatic heterocycles. The maximum Gasteiger partial charge on any atom is 0.339 e. The van der Waals surface area contributed by atoms with Crippen molar-refractivity contribution in [2.75, 3.05) is 5.32 Å². The van der Waals surface area contributed by atoms with E-state index in [1.807, 2.05) is 0 Å². The molecule has 0 radical (unpaired) electrons. The third-order valence-electron chi connectivity index (χ3n) is 2.93. The number of hydrogen-bond donors (Lipinski definition) is 2. The van der Waals surface area contributed by atoms with E-state index in [0.717, 1.165) is 16.7 Å². The van der Waals surface area contributed by atoms with Crippen LogP contribution in [0.25, 0.3) is 0 Å². The highest BCUT2D eigenvalue weighted by atomic mass is 19.1. The van der Waals surface area contributed by atoms with Crippen molar-refractivity contribution in [1.29, 1.82) is 0 Å². The number of halogens is 1. The zero-order chi connectivity index (χ0) is 15.6. The molecule has 0 aliphatic carbocycles. The molecule has 2 N–H and O–H groups in total. The monoisotopic (exact) mass is 286 g/mol. The average Bonchev–Trinajstić information content (AvgIpc) is 2.45. The van der Waals surface area contributed by atoms with E-state index < -0.39 is 17.3 Å². The maximum absolute atomic E-state index is 13.9. The van der Waals surface area contributed by atoms with Gasteiger partial charge in [-0.3, -0.25) is 9.36 Å². The number of hydrogen-bond acceptors (Lipinski definition) is 3. The van der Waals surface area contributed by atoms with Crippen LogP contribution in [0.2, 0.25) is 0 Å². The molecule has 0 atom stereocenters. The van der Waals surface area contributed by atoms with Crippen molar-refractivity contribution in [1.82, 2.24) is 4.57 Å². The van der Waals surface area contributed by atoms with Gasteiger partial charge in [0.2, 0.25) is 0 Å². The van der Waals surface area contributed by atoms with E-state index in [0.29, 0.717) is 5.56 Å². The second kappa shape index (κ2) is 5.51. The van der Waals surface area contributed by atoms with Crippen LogP contribution in [0.4, 0.5) is 15.9 Å². The number of carboxylic acids is 1. The minimum absolute atomic E-state index is 0.0117. The minimum atomic E-state index is -1.23. The van der Waals surface area contributed by atoms with Crippen molar-refractivity contribution in [2.24, 2.45) is 7.05 Å². The fourth-order valence-corrected chi connectivity index (χ4v) is 1.79. The van der Waals surface area contributed by atoms with Crippen LogP contribution in [0.15, 0.2) is 35.1 Å². The van der Waals surface area contributed by atoms with Crippen LogP contribution in [0, 0.1) is 18.2 Å². The predicted octanol–water partition coefficient (Wildman–Crippen LogP) is 1.95. The van der Waals surface area contributed by atoms with Gasteiger partial charge < -0.3 is 10.4 Å². The quantitative estimate of drug-likeness (QED) is 0.846. The van der Waals surface area contributed by atoms with E-state index in [9.17, 15) is 14.0 Å². The number of nitrogens with one attached hydrogen (secondary N) is 1. The summed E-state index contributed by atoms with van der Waals surface area (Å²) in [6.45, 7) is 0. The van der Waals surface area contributed by atoms with Crippen molar-refractivity contribution in [3.8, 4) is 12.3 Å². The zero-order valence-corrected chi connectivity index (χ0v) is 11.1. The van der Waals surface area contributed by atoms with Gasteiger partial charge in [-0.05, 0) is 24.3 Å². The lowest BCUT2D eigenvalue weighted by Crippen LogP contribution is -2.21. The fraction of sp³-hybridized carbons (Fsp3) is 0.0667. The van der Waals surface area contributed by atoms with E-state index in [-0.39, 0.29) is 17.1 Å². The summed E-state index contributed by atoms with van der Waals surface area (Å²) in [7, 11) is 1.39. The number of terminal acetylenes is 1. The average molecular weight is 286 g/mol.